The van der Waals surface area contributed by atoms with E-state index >= 15 is 0 Å². The van der Waals surface area contributed by atoms with Crippen molar-refractivity contribution in [1.29, 1.82) is 0 Å². The predicted molar refractivity (Wildman–Crippen MR) is 103 cm³/mol. The Morgan fingerprint density at radius 1 is 1.04 bits per heavy atom. The molecule has 3 aromatic rings. The number of carbonyl (C=O) groups excluding carboxylic acids is 1. The normalized spacial score (nSPS) is 11.2. The Kier molecular flexibility index (Phi) is 4.91. The summed E-state index contributed by atoms with van der Waals surface area (Å²) >= 11 is 0. The number of aromatic amines is 1. The third kappa shape index (κ3) is 4.09. The molecule has 1 heterocycles. The average Bonchev–Trinajstić information content (AvgIpc) is 2.98. The molecule has 0 atom stereocenters. The second-order valence-electron chi connectivity index (χ2n) is 6.96. The van der Waals surface area contributed by atoms with Crippen LogP contribution in [0.3, 0.4) is 0 Å². The van der Waals surface area contributed by atoms with E-state index in [1.807, 2.05) is 6.07 Å². The number of nitrogens with one attached hydrogen (secondary N) is 2. The van der Waals surface area contributed by atoms with Crippen LogP contribution < -0.4 is 5.32 Å². The molecule has 0 bridgehead atoms. The summed E-state index contributed by atoms with van der Waals surface area (Å²) in [6.07, 6.45) is 0. The highest BCUT2D eigenvalue weighted by Crippen LogP contribution is 2.21. The van der Waals surface area contributed by atoms with Crippen LogP contribution in [0.15, 0.2) is 42.5 Å². The SMILES string of the molecule is Cc1cc(C)c2cc(C(=O)NCc3ccc(CN(C)C)cc3)[nH]c2c1. The van der Waals surface area contributed by atoms with E-state index in [1.165, 1.54) is 16.7 Å². The number of benzene rings is 2. The van der Waals surface area contributed by atoms with Crippen LogP contribution in [0, 0.1) is 13.8 Å². The number of nitrogens with zero attached hydrogens (tertiary/aromatic N) is 1. The van der Waals surface area contributed by atoms with Gasteiger partial charge in [-0.25, -0.2) is 0 Å². The first-order valence-corrected chi connectivity index (χ1v) is 8.53. The van der Waals surface area contributed by atoms with Crippen LogP contribution in [0.1, 0.15) is 32.7 Å². The monoisotopic (exact) mass is 335 g/mol. The van der Waals surface area contributed by atoms with Crippen molar-refractivity contribution >= 4 is 16.8 Å². The van der Waals surface area contributed by atoms with Gasteiger partial charge in [-0.15, -0.1) is 0 Å². The Labute approximate surface area is 148 Å². The van der Waals surface area contributed by atoms with Gasteiger partial charge in [0.05, 0.1) is 0 Å². The first kappa shape index (κ1) is 17.2. The molecule has 3 rings (SSSR count). The molecule has 0 aliphatic rings. The minimum atomic E-state index is -0.0781. The summed E-state index contributed by atoms with van der Waals surface area (Å²) in [6, 6.07) is 14.5. The number of H-pyrrole nitrogens is 1. The fraction of sp³-hybridized carbons (Fsp3) is 0.286. The van der Waals surface area contributed by atoms with Crippen molar-refractivity contribution in [2.24, 2.45) is 0 Å². The lowest BCUT2D eigenvalue weighted by atomic mass is 10.1. The molecule has 4 heteroatoms. The third-order valence-electron chi connectivity index (χ3n) is 4.31. The first-order chi connectivity index (χ1) is 11.9. The van der Waals surface area contributed by atoms with Crippen molar-refractivity contribution in [3.63, 3.8) is 0 Å². The van der Waals surface area contributed by atoms with Crippen molar-refractivity contribution in [1.82, 2.24) is 15.2 Å². The van der Waals surface area contributed by atoms with Gasteiger partial charge in [-0.1, -0.05) is 30.3 Å². The number of fused-ring (bicyclic) bond motifs is 1. The van der Waals surface area contributed by atoms with E-state index in [9.17, 15) is 4.79 Å². The molecule has 0 unspecified atom stereocenters. The fourth-order valence-corrected chi connectivity index (χ4v) is 3.13. The Morgan fingerprint density at radius 2 is 1.72 bits per heavy atom. The maximum atomic E-state index is 12.4. The van der Waals surface area contributed by atoms with Gasteiger partial charge in [0.25, 0.3) is 5.91 Å². The Morgan fingerprint density at radius 3 is 2.40 bits per heavy atom. The fourth-order valence-electron chi connectivity index (χ4n) is 3.13. The van der Waals surface area contributed by atoms with E-state index in [-0.39, 0.29) is 5.91 Å². The van der Waals surface area contributed by atoms with E-state index < -0.39 is 0 Å². The minimum absolute atomic E-state index is 0.0781. The Balaban J connectivity index is 1.67. The van der Waals surface area contributed by atoms with Crippen molar-refractivity contribution in [2.75, 3.05) is 14.1 Å². The number of carbonyl (C=O) groups is 1. The number of aromatic nitrogens is 1. The Bertz CT molecular complexity index is 891. The molecule has 0 spiro atoms. The standard InChI is InChI=1S/C21H25N3O/c1-14-9-15(2)18-11-20(23-19(18)10-14)21(25)22-12-16-5-7-17(8-6-16)13-24(3)4/h5-11,23H,12-13H2,1-4H3,(H,22,25). The van der Waals surface area contributed by atoms with E-state index in [4.69, 9.17) is 0 Å². The second kappa shape index (κ2) is 7.11. The lowest BCUT2D eigenvalue weighted by Gasteiger charge is -2.10. The van der Waals surface area contributed by atoms with Crippen LogP contribution in [0.5, 0.6) is 0 Å². The zero-order chi connectivity index (χ0) is 18.0. The van der Waals surface area contributed by atoms with Gasteiger partial charge in [0.2, 0.25) is 0 Å². The molecule has 130 valence electrons. The van der Waals surface area contributed by atoms with Gasteiger partial charge in [0.1, 0.15) is 5.69 Å². The van der Waals surface area contributed by atoms with Crippen LogP contribution in [-0.4, -0.2) is 29.9 Å². The number of aryl methyl sites for hydroxylation is 2. The van der Waals surface area contributed by atoms with Gasteiger partial charge >= 0.3 is 0 Å². The quantitative estimate of drug-likeness (QED) is 0.745. The van der Waals surface area contributed by atoms with Crippen LogP contribution in [0.25, 0.3) is 10.9 Å². The molecule has 0 aliphatic heterocycles. The van der Waals surface area contributed by atoms with Crippen molar-refractivity contribution in [3.05, 3.63) is 70.4 Å². The maximum Gasteiger partial charge on any atom is 0.267 e. The van der Waals surface area contributed by atoms with E-state index in [2.05, 4.69) is 79.5 Å². The molecule has 2 N–H and O–H groups in total. The number of hydrogen-bond acceptors (Lipinski definition) is 2. The molecule has 4 nitrogen and oxygen atoms in total. The summed E-state index contributed by atoms with van der Waals surface area (Å²) in [6.45, 7) is 5.57. The molecular formula is C21H25N3O. The summed E-state index contributed by atoms with van der Waals surface area (Å²) in [5, 5.41) is 4.09. The van der Waals surface area contributed by atoms with E-state index in [0.29, 0.717) is 12.2 Å². The largest absolute Gasteiger partial charge is 0.351 e. The molecule has 2 aromatic carbocycles. The van der Waals surface area contributed by atoms with Crippen molar-refractivity contribution in [3.8, 4) is 0 Å². The summed E-state index contributed by atoms with van der Waals surface area (Å²) in [5.41, 5.74) is 6.35. The molecule has 1 aromatic heterocycles. The molecular weight excluding hydrogens is 310 g/mol. The van der Waals surface area contributed by atoms with Gasteiger partial charge in [-0.05, 0) is 62.3 Å². The van der Waals surface area contributed by atoms with Crippen LogP contribution in [-0.2, 0) is 13.1 Å². The zero-order valence-corrected chi connectivity index (χ0v) is 15.3. The molecule has 0 aliphatic carbocycles. The number of rotatable bonds is 5. The van der Waals surface area contributed by atoms with Crippen molar-refractivity contribution < 1.29 is 4.79 Å². The molecule has 0 saturated carbocycles. The number of hydrogen-bond donors (Lipinski definition) is 2. The smallest absolute Gasteiger partial charge is 0.267 e. The summed E-state index contributed by atoms with van der Waals surface area (Å²) < 4.78 is 0. The first-order valence-electron chi connectivity index (χ1n) is 8.53. The summed E-state index contributed by atoms with van der Waals surface area (Å²) in [7, 11) is 4.11. The molecule has 25 heavy (non-hydrogen) atoms. The lowest BCUT2D eigenvalue weighted by molar-refractivity contribution is 0.0947. The topological polar surface area (TPSA) is 48.1 Å². The highest BCUT2D eigenvalue weighted by atomic mass is 16.1. The summed E-state index contributed by atoms with van der Waals surface area (Å²) in [4.78, 5) is 17.8. The summed E-state index contributed by atoms with van der Waals surface area (Å²) in [5.74, 6) is -0.0781. The third-order valence-corrected chi connectivity index (χ3v) is 4.31. The van der Waals surface area contributed by atoms with Gasteiger partial charge in [0.15, 0.2) is 0 Å². The maximum absolute atomic E-state index is 12.4. The van der Waals surface area contributed by atoms with Gasteiger partial charge in [0, 0.05) is 24.0 Å². The van der Waals surface area contributed by atoms with Crippen LogP contribution >= 0.6 is 0 Å². The molecule has 1 amide bonds. The zero-order valence-electron chi connectivity index (χ0n) is 15.3. The highest BCUT2D eigenvalue weighted by molar-refractivity contribution is 5.98. The number of amides is 1. The van der Waals surface area contributed by atoms with Crippen LogP contribution in [0.2, 0.25) is 0 Å². The van der Waals surface area contributed by atoms with Gasteiger partial charge in [-0.2, -0.15) is 0 Å². The highest BCUT2D eigenvalue weighted by Gasteiger charge is 2.11. The minimum Gasteiger partial charge on any atom is -0.351 e. The van der Waals surface area contributed by atoms with E-state index in [1.54, 1.807) is 0 Å². The van der Waals surface area contributed by atoms with Crippen LogP contribution in [0.4, 0.5) is 0 Å². The van der Waals surface area contributed by atoms with Gasteiger partial charge in [-0.3, -0.25) is 4.79 Å². The molecule has 0 fully saturated rings. The average molecular weight is 335 g/mol. The van der Waals surface area contributed by atoms with E-state index in [0.717, 1.165) is 23.0 Å². The lowest BCUT2D eigenvalue weighted by Crippen LogP contribution is -2.23. The molecule has 0 radical (unpaired) electrons. The Hall–Kier alpha value is -2.59. The predicted octanol–water partition coefficient (Wildman–Crippen LogP) is 3.78. The van der Waals surface area contributed by atoms with Gasteiger partial charge < -0.3 is 15.2 Å². The second-order valence-corrected chi connectivity index (χ2v) is 6.96. The van der Waals surface area contributed by atoms with Crippen molar-refractivity contribution in [2.45, 2.75) is 26.9 Å². The molecule has 0 saturated heterocycles.